The van der Waals surface area contributed by atoms with Crippen molar-refractivity contribution in [2.75, 3.05) is 67.1 Å². The number of nitrogens with zero attached hydrogens (tertiary/aromatic N) is 2. The Morgan fingerprint density at radius 3 is 2.09 bits per heavy atom. The number of carbonyl (C=O) groups is 2. The maximum atomic E-state index is 13.2. The smallest absolute Gasteiger partial charge is 0.406 e. The van der Waals surface area contributed by atoms with Gasteiger partial charge < -0.3 is 45.6 Å². The maximum absolute atomic E-state index is 13.2. The molecule has 4 atom stereocenters. The molecular weight excluding hydrogens is 738 g/mol. The molecule has 0 spiro atoms. The summed E-state index contributed by atoms with van der Waals surface area (Å²) in [6, 6.07) is 5.77. The van der Waals surface area contributed by atoms with Crippen LogP contribution >= 0.6 is 0 Å². The van der Waals surface area contributed by atoms with E-state index in [4.69, 9.17) is 4.74 Å². The molecule has 4 amide bonds. The summed E-state index contributed by atoms with van der Waals surface area (Å²) < 4.78 is 47.8. The molecule has 3 fully saturated rings. The minimum Gasteiger partial charge on any atom is -0.406 e. The van der Waals surface area contributed by atoms with Crippen LogP contribution in [0.25, 0.3) is 0 Å². The molecule has 11 nitrogen and oxygen atoms in total. The van der Waals surface area contributed by atoms with Gasteiger partial charge in [-0.3, -0.25) is 0 Å². The summed E-state index contributed by atoms with van der Waals surface area (Å²) in [7, 11) is 5.42. The lowest BCUT2D eigenvalue weighted by atomic mass is 9.74. The molecule has 1 aromatic rings. The number of methoxy groups -OCH3 is 1. The number of alkyl halides is 3. The monoisotopic (exact) mass is 813 g/mol. The van der Waals surface area contributed by atoms with Crippen LogP contribution in [-0.4, -0.2) is 112 Å². The molecule has 2 heterocycles. The molecule has 2 saturated heterocycles. The van der Waals surface area contributed by atoms with Crippen LogP contribution in [0, 0.1) is 17.3 Å². The van der Waals surface area contributed by atoms with Gasteiger partial charge in [0, 0.05) is 71.0 Å². The van der Waals surface area contributed by atoms with Crippen LogP contribution in [0.2, 0.25) is 0 Å². The fourth-order valence-electron chi connectivity index (χ4n) is 8.79. The quantitative estimate of drug-likeness (QED) is 0.102. The number of benzene rings is 1. The maximum Gasteiger partial charge on any atom is 0.573 e. The summed E-state index contributed by atoms with van der Waals surface area (Å²) in [5, 5.41) is 24.8. The number of rotatable bonds is 17. The van der Waals surface area contributed by atoms with Crippen molar-refractivity contribution in [1.29, 1.82) is 0 Å². The first-order valence-electron chi connectivity index (χ1n) is 21.5. The van der Waals surface area contributed by atoms with E-state index in [1.165, 1.54) is 56.7 Å². The van der Waals surface area contributed by atoms with Crippen molar-refractivity contribution in [2.45, 2.75) is 141 Å². The Kier molecular flexibility index (Phi) is 20.7. The summed E-state index contributed by atoms with van der Waals surface area (Å²) in [4.78, 5) is 29.3. The van der Waals surface area contributed by atoms with Crippen LogP contribution in [0.3, 0.4) is 0 Å². The van der Waals surface area contributed by atoms with Gasteiger partial charge in [-0.2, -0.15) is 0 Å². The second kappa shape index (κ2) is 24.3. The van der Waals surface area contributed by atoms with Gasteiger partial charge >= 0.3 is 18.4 Å². The number of likely N-dealkylation sites (tertiary alicyclic amines) is 2. The van der Waals surface area contributed by atoms with Gasteiger partial charge in [0.1, 0.15) is 5.75 Å². The van der Waals surface area contributed by atoms with Crippen molar-refractivity contribution in [3.8, 4) is 5.75 Å². The van der Waals surface area contributed by atoms with E-state index in [2.05, 4.69) is 46.8 Å². The summed E-state index contributed by atoms with van der Waals surface area (Å²) in [5.41, 5.74) is -1.03. The van der Waals surface area contributed by atoms with Crippen LogP contribution in [0.4, 0.5) is 22.8 Å². The van der Waals surface area contributed by atoms with Gasteiger partial charge in [-0.15, -0.1) is 13.2 Å². The molecule has 57 heavy (non-hydrogen) atoms. The second-order valence-electron chi connectivity index (χ2n) is 17.7. The number of aliphatic hydroxyl groups is 1. The summed E-state index contributed by atoms with van der Waals surface area (Å²) in [6.07, 6.45) is 10.5. The van der Waals surface area contributed by atoms with Gasteiger partial charge in [-0.25, -0.2) is 9.59 Å². The topological polar surface area (TPSA) is 127 Å². The van der Waals surface area contributed by atoms with Gasteiger partial charge in [0.05, 0.1) is 5.60 Å². The third-order valence-corrected chi connectivity index (χ3v) is 11.5. The van der Waals surface area contributed by atoms with Gasteiger partial charge in [-0.1, -0.05) is 65.0 Å². The van der Waals surface area contributed by atoms with Gasteiger partial charge in [-0.05, 0) is 107 Å². The highest BCUT2D eigenvalue weighted by atomic mass is 19.4. The van der Waals surface area contributed by atoms with Crippen LogP contribution in [0.15, 0.2) is 24.3 Å². The van der Waals surface area contributed by atoms with Crippen molar-refractivity contribution < 1.29 is 37.3 Å². The average Bonchev–Trinajstić information content (AvgIpc) is 3.16. The number of likely N-dealkylation sites (N-methyl/N-ethyl adjacent to an activating group) is 2. The van der Waals surface area contributed by atoms with Gasteiger partial charge in [0.2, 0.25) is 0 Å². The van der Waals surface area contributed by atoms with E-state index in [1.807, 2.05) is 19.0 Å². The van der Waals surface area contributed by atoms with Crippen molar-refractivity contribution in [2.24, 2.45) is 17.3 Å². The molecule has 1 saturated carbocycles. The zero-order chi connectivity index (χ0) is 41.9. The largest absolute Gasteiger partial charge is 0.573 e. The van der Waals surface area contributed by atoms with E-state index in [1.54, 1.807) is 18.1 Å². The molecule has 1 aliphatic carbocycles. The van der Waals surface area contributed by atoms with E-state index in [-0.39, 0.29) is 41.2 Å². The number of piperidine rings is 2. The number of hydrogen-bond acceptors (Lipinski definition) is 7. The fourth-order valence-corrected chi connectivity index (χ4v) is 8.79. The molecule has 2 aliphatic heterocycles. The van der Waals surface area contributed by atoms with Crippen molar-refractivity contribution >= 4 is 12.1 Å². The Labute approximate surface area is 340 Å². The van der Waals surface area contributed by atoms with Crippen LogP contribution < -0.4 is 26.0 Å². The molecule has 14 heteroatoms. The standard InChI is InChI=1S/C27H44F3N3O4.C16H31N3O/c1-25(2,3)17-22(18-31-4)32-24(34)33-14-9-11-21(19-33)26(35,13-6-7-15-36-5)20-10-8-12-23(16-20)37-27(28,29)30;1-17-13-15(12-14-8-4-2-5-9-14)18-16(20)19-10-6-3-7-11-19/h8,10,12,16,21-22,31,35H,6-7,9,11,13-15,17-19H2,1-5H3,(H,32,34);14-15,17H,2-13H2,1H3,(H,18,20)/t21-,22+,26-;15-/m10/s1. The lowest BCUT2D eigenvalue weighted by Crippen LogP contribution is -2.54. The van der Waals surface area contributed by atoms with E-state index in [0.29, 0.717) is 63.9 Å². The van der Waals surface area contributed by atoms with E-state index < -0.39 is 12.0 Å². The molecule has 3 aliphatic rings. The minimum atomic E-state index is -4.83. The van der Waals surface area contributed by atoms with Crippen molar-refractivity contribution in [3.05, 3.63) is 29.8 Å². The Bertz CT molecular complexity index is 1300. The number of ether oxygens (including phenoxy) is 2. The van der Waals surface area contributed by atoms with Crippen molar-refractivity contribution in [1.82, 2.24) is 31.1 Å². The van der Waals surface area contributed by atoms with E-state index >= 15 is 0 Å². The Morgan fingerprint density at radius 1 is 0.842 bits per heavy atom. The third kappa shape index (κ3) is 17.9. The highest BCUT2D eigenvalue weighted by molar-refractivity contribution is 5.75. The number of halogens is 3. The second-order valence-corrected chi connectivity index (χ2v) is 17.7. The predicted molar refractivity (Wildman–Crippen MR) is 220 cm³/mol. The number of carbonyl (C=O) groups excluding carboxylic acids is 2. The summed E-state index contributed by atoms with van der Waals surface area (Å²) in [5.74, 6) is 0.0904. The Balaban J connectivity index is 0.000000364. The van der Waals surface area contributed by atoms with E-state index in [0.717, 1.165) is 51.2 Å². The number of amides is 4. The SMILES string of the molecule is CNC[C@H](CC(C)(C)C)NC(=O)N1CCC[C@@H]([C@@](O)(CCCCOC)c2cccc(OC(F)(F)F)c2)C1.CNC[C@H](CC1CCCCC1)NC(=O)N1CCCCC1. The first kappa shape index (κ1) is 48.6. The van der Waals surface area contributed by atoms with Crippen LogP contribution in [0.1, 0.15) is 123 Å². The highest BCUT2D eigenvalue weighted by Crippen LogP contribution is 2.41. The van der Waals surface area contributed by atoms with Crippen LogP contribution in [-0.2, 0) is 10.3 Å². The normalized spacial score (nSPS) is 20.4. The summed E-state index contributed by atoms with van der Waals surface area (Å²) >= 11 is 0. The van der Waals surface area contributed by atoms with Gasteiger partial charge in [0.25, 0.3) is 0 Å². The Hall–Kier alpha value is -2.81. The predicted octanol–water partition coefficient (Wildman–Crippen LogP) is 7.78. The number of hydrogen-bond donors (Lipinski definition) is 5. The fraction of sp³-hybridized carbons (Fsp3) is 0.814. The minimum absolute atomic E-state index is 0.0329. The molecule has 5 N–H and O–H groups in total. The van der Waals surface area contributed by atoms with Crippen LogP contribution in [0.5, 0.6) is 5.75 Å². The highest BCUT2D eigenvalue weighted by Gasteiger charge is 2.42. The molecule has 1 aromatic carbocycles. The molecule has 0 radical (unpaired) electrons. The average molecular weight is 813 g/mol. The molecule has 328 valence electrons. The molecular formula is C43H75F3N6O5. The van der Waals surface area contributed by atoms with E-state index in [9.17, 15) is 27.9 Å². The number of unbranched alkanes of at least 4 members (excludes halogenated alkanes) is 1. The first-order chi connectivity index (χ1) is 27.1. The number of nitrogens with one attached hydrogen (secondary N) is 4. The molecule has 0 aromatic heterocycles. The molecule has 4 rings (SSSR count). The first-order valence-corrected chi connectivity index (χ1v) is 21.5. The Morgan fingerprint density at radius 2 is 1.46 bits per heavy atom. The molecule has 0 unspecified atom stereocenters. The molecule has 0 bridgehead atoms. The lowest BCUT2D eigenvalue weighted by Gasteiger charge is -2.43. The lowest BCUT2D eigenvalue weighted by molar-refractivity contribution is -0.274. The zero-order valence-corrected chi connectivity index (χ0v) is 35.8. The third-order valence-electron chi connectivity index (χ3n) is 11.5. The van der Waals surface area contributed by atoms with Gasteiger partial charge in [0.15, 0.2) is 0 Å². The number of urea groups is 2. The van der Waals surface area contributed by atoms with Crippen molar-refractivity contribution in [3.63, 3.8) is 0 Å². The zero-order valence-electron chi connectivity index (χ0n) is 35.8. The summed E-state index contributed by atoms with van der Waals surface area (Å²) in [6.45, 7) is 11.1.